The van der Waals surface area contributed by atoms with Gasteiger partial charge in [-0.05, 0) is 6.42 Å². The van der Waals surface area contributed by atoms with E-state index in [-0.39, 0.29) is 26.1 Å². The van der Waals surface area contributed by atoms with Crippen LogP contribution in [0, 0.1) is 0 Å². The predicted octanol–water partition coefficient (Wildman–Crippen LogP) is 3.80. The minimum absolute atomic E-state index is 0. The van der Waals surface area contributed by atoms with Gasteiger partial charge in [-0.3, -0.25) is 0 Å². The van der Waals surface area contributed by atoms with E-state index in [2.05, 4.69) is 13.8 Å². The molecule has 0 aliphatic heterocycles. The summed E-state index contributed by atoms with van der Waals surface area (Å²) in [4.78, 5) is 0. The van der Waals surface area contributed by atoms with Crippen LogP contribution in [0.15, 0.2) is 60.7 Å². The Morgan fingerprint density at radius 3 is 1.58 bits per heavy atom. The van der Waals surface area contributed by atoms with E-state index in [9.17, 15) is 4.57 Å². The van der Waals surface area contributed by atoms with Gasteiger partial charge in [-0.1, -0.05) is 74.5 Å². The molecule has 0 spiro atoms. The van der Waals surface area contributed by atoms with Gasteiger partial charge in [0.15, 0.2) is 0 Å². The molecule has 0 saturated carbocycles. The number of benzene rings is 2. The van der Waals surface area contributed by atoms with E-state index < -0.39 is 7.14 Å². The molecule has 0 fully saturated rings. The molecular weight excluding hydrogens is 346 g/mol. The molecule has 0 heterocycles. The van der Waals surface area contributed by atoms with Gasteiger partial charge in [0.1, 0.15) is 7.14 Å². The molecule has 0 N–H and O–H groups in total. The van der Waals surface area contributed by atoms with Gasteiger partial charge in [0.2, 0.25) is 0 Å². The van der Waals surface area contributed by atoms with Crippen molar-refractivity contribution in [2.75, 3.05) is 0 Å². The average molecular weight is 365 g/mol. The van der Waals surface area contributed by atoms with Crippen LogP contribution in [0.3, 0.4) is 0 Å². The molecule has 0 amide bonds. The second-order valence-electron chi connectivity index (χ2n) is 4.59. The Labute approximate surface area is 129 Å². The minimum Gasteiger partial charge on any atom is -0.313 e. The fourth-order valence-corrected chi connectivity index (χ4v) is 5.27. The zero-order valence-corrected chi connectivity index (χ0v) is 13.7. The van der Waals surface area contributed by atoms with Crippen molar-refractivity contribution in [2.24, 2.45) is 0 Å². The Kier molecular flexibility index (Phi) is 6.21. The quantitative estimate of drug-likeness (QED) is 0.596. The molecule has 0 aromatic heterocycles. The Hall–Kier alpha value is -0.668. The summed E-state index contributed by atoms with van der Waals surface area (Å²) < 4.78 is 13.5. The summed E-state index contributed by atoms with van der Waals surface area (Å²) in [7, 11) is -2.52. The van der Waals surface area contributed by atoms with Crippen molar-refractivity contribution in [1.29, 1.82) is 0 Å². The van der Waals surface area contributed by atoms with E-state index >= 15 is 0 Å². The van der Waals surface area contributed by atoms with E-state index in [0.717, 1.165) is 17.0 Å². The average Bonchev–Trinajstić information content (AvgIpc) is 2.47. The van der Waals surface area contributed by atoms with Crippen molar-refractivity contribution < 1.29 is 25.0 Å². The molecule has 2 aromatic rings. The molecule has 1 nitrogen and oxygen atoms in total. The molecule has 104 valence electrons. The molecular formula is C16H19OPPd. The fraction of sp³-hybridized carbons (Fsp3) is 0.250. The molecule has 0 aliphatic carbocycles. The number of hydrogen-bond donors (Lipinski definition) is 0. The second kappa shape index (κ2) is 7.20. The molecule has 0 aliphatic rings. The van der Waals surface area contributed by atoms with Crippen LogP contribution in [0.25, 0.3) is 0 Å². The third kappa shape index (κ3) is 3.26. The van der Waals surface area contributed by atoms with Gasteiger partial charge in [0, 0.05) is 36.7 Å². The third-order valence-corrected chi connectivity index (χ3v) is 7.23. The summed E-state index contributed by atoms with van der Waals surface area (Å²) in [6.45, 7) is 4.18. The SMILES string of the molecule is CCC(C)P(=O)(c1ccccc1)c1ccccc1.[Pd]. The molecule has 0 bridgehead atoms. The zero-order valence-electron chi connectivity index (χ0n) is 11.2. The van der Waals surface area contributed by atoms with Gasteiger partial charge in [-0.15, -0.1) is 0 Å². The summed E-state index contributed by atoms with van der Waals surface area (Å²) in [5, 5.41) is 1.93. The first-order valence-electron chi connectivity index (χ1n) is 6.40. The zero-order chi connectivity index (χ0) is 13.0. The van der Waals surface area contributed by atoms with Gasteiger partial charge in [0.05, 0.1) is 0 Å². The summed E-state index contributed by atoms with van der Waals surface area (Å²) >= 11 is 0. The molecule has 1 unspecified atom stereocenters. The van der Waals surface area contributed by atoms with Gasteiger partial charge < -0.3 is 4.57 Å². The largest absolute Gasteiger partial charge is 0.313 e. The molecule has 0 saturated heterocycles. The molecule has 0 radical (unpaired) electrons. The monoisotopic (exact) mass is 364 g/mol. The Morgan fingerprint density at radius 1 is 0.895 bits per heavy atom. The van der Waals surface area contributed by atoms with Crippen LogP contribution in [0.2, 0.25) is 0 Å². The van der Waals surface area contributed by atoms with Gasteiger partial charge in [-0.25, -0.2) is 0 Å². The van der Waals surface area contributed by atoms with Crippen molar-refractivity contribution in [3.63, 3.8) is 0 Å². The van der Waals surface area contributed by atoms with Gasteiger partial charge >= 0.3 is 0 Å². The van der Waals surface area contributed by atoms with E-state index in [4.69, 9.17) is 0 Å². The Bertz CT molecular complexity index is 496. The van der Waals surface area contributed by atoms with Gasteiger partial charge in [0.25, 0.3) is 0 Å². The van der Waals surface area contributed by atoms with Crippen LogP contribution in [0.5, 0.6) is 0 Å². The van der Waals surface area contributed by atoms with Crippen molar-refractivity contribution in [2.45, 2.75) is 25.9 Å². The van der Waals surface area contributed by atoms with Crippen LogP contribution in [-0.4, -0.2) is 5.66 Å². The van der Waals surface area contributed by atoms with E-state index in [1.165, 1.54) is 0 Å². The minimum atomic E-state index is -2.52. The maximum absolute atomic E-state index is 13.5. The molecule has 2 aromatic carbocycles. The van der Waals surface area contributed by atoms with Crippen LogP contribution in [0.1, 0.15) is 20.3 Å². The van der Waals surface area contributed by atoms with Crippen molar-refractivity contribution in [3.05, 3.63) is 60.7 Å². The summed E-state index contributed by atoms with van der Waals surface area (Å²) in [5.41, 5.74) is 0.169. The molecule has 2 rings (SSSR count). The maximum Gasteiger partial charge on any atom is 0.145 e. The van der Waals surface area contributed by atoms with Crippen molar-refractivity contribution in [1.82, 2.24) is 0 Å². The summed E-state index contributed by atoms with van der Waals surface area (Å²) in [6, 6.07) is 19.7. The van der Waals surface area contributed by atoms with E-state index in [1.54, 1.807) is 0 Å². The summed E-state index contributed by atoms with van der Waals surface area (Å²) in [6.07, 6.45) is 0.918. The van der Waals surface area contributed by atoms with Crippen molar-refractivity contribution in [3.8, 4) is 0 Å². The van der Waals surface area contributed by atoms with E-state index in [0.29, 0.717) is 0 Å². The number of hydrogen-bond acceptors (Lipinski definition) is 1. The first-order valence-corrected chi connectivity index (χ1v) is 8.18. The maximum atomic E-state index is 13.5. The van der Waals surface area contributed by atoms with Crippen LogP contribution in [-0.2, 0) is 25.0 Å². The van der Waals surface area contributed by atoms with Gasteiger partial charge in [-0.2, -0.15) is 0 Å². The topological polar surface area (TPSA) is 17.1 Å². The van der Waals surface area contributed by atoms with Crippen LogP contribution in [0.4, 0.5) is 0 Å². The predicted molar refractivity (Wildman–Crippen MR) is 79.5 cm³/mol. The third-order valence-electron chi connectivity index (χ3n) is 3.49. The van der Waals surface area contributed by atoms with Crippen LogP contribution >= 0.6 is 7.14 Å². The standard InChI is InChI=1S/C16H19OP.Pd/c1-3-14(2)18(17,15-10-6-4-7-11-15)16-12-8-5-9-13-16;/h4-14H,3H2,1-2H3;. The molecule has 19 heavy (non-hydrogen) atoms. The Balaban J connectivity index is 0.00000180. The first kappa shape index (κ1) is 16.4. The number of rotatable bonds is 4. The summed E-state index contributed by atoms with van der Waals surface area (Å²) in [5.74, 6) is 0. The van der Waals surface area contributed by atoms with E-state index in [1.807, 2.05) is 60.7 Å². The van der Waals surface area contributed by atoms with Crippen LogP contribution < -0.4 is 10.6 Å². The fourth-order valence-electron chi connectivity index (χ4n) is 2.21. The first-order chi connectivity index (χ1) is 8.69. The normalized spacial score (nSPS) is 12.5. The Morgan fingerprint density at radius 2 is 1.26 bits per heavy atom. The second-order valence-corrected chi connectivity index (χ2v) is 7.82. The van der Waals surface area contributed by atoms with Crippen molar-refractivity contribution >= 4 is 17.8 Å². The molecule has 3 heteroatoms. The smallest absolute Gasteiger partial charge is 0.145 e. The molecule has 1 atom stereocenters.